The van der Waals surface area contributed by atoms with Crippen molar-refractivity contribution in [2.45, 2.75) is 19.4 Å². The molecule has 1 aromatic rings. The van der Waals surface area contributed by atoms with Crippen LogP contribution in [0, 0.1) is 0 Å². The molecule has 0 saturated carbocycles. The van der Waals surface area contributed by atoms with Gasteiger partial charge in [-0.15, -0.1) is 0 Å². The molecule has 1 aromatic carbocycles. The highest BCUT2D eigenvalue weighted by Crippen LogP contribution is 2.10. The Labute approximate surface area is 142 Å². The number of benzene rings is 1. The Balaban J connectivity index is 2.66. The van der Waals surface area contributed by atoms with Gasteiger partial charge in [0.2, 0.25) is 11.8 Å². The molecular weight excluding hydrogens is 334 g/mol. The summed E-state index contributed by atoms with van der Waals surface area (Å²) < 4.78 is 0. The lowest BCUT2D eigenvalue weighted by Gasteiger charge is -2.12. The second-order valence-corrected chi connectivity index (χ2v) is 5.00. The first-order valence-corrected chi connectivity index (χ1v) is 7.09. The van der Waals surface area contributed by atoms with Gasteiger partial charge in [0, 0.05) is 18.2 Å². The van der Waals surface area contributed by atoms with Gasteiger partial charge in [-0.2, -0.15) is 0 Å². The number of carboxylic acids is 2. The molecule has 0 aliphatic heterocycles. The summed E-state index contributed by atoms with van der Waals surface area (Å²) >= 11 is 0. The van der Waals surface area contributed by atoms with Gasteiger partial charge in [0.25, 0.3) is 5.91 Å². The number of aliphatic carboxylic acids is 2. The Morgan fingerprint density at radius 3 is 2.12 bits per heavy atom. The van der Waals surface area contributed by atoms with E-state index in [1.54, 1.807) is 0 Å². The van der Waals surface area contributed by atoms with E-state index in [0.29, 0.717) is 5.69 Å². The largest absolute Gasteiger partial charge is 0.481 e. The molecule has 10 nitrogen and oxygen atoms in total. The Kier molecular flexibility index (Phi) is 7.07. The number of nitrogens with one attached hydrogen (secondary N) is 3. The fourth-order valence-electron chi connectivity index (χ4n) is 1.73. The Bertz CT molecular complexity index is 685. The molecule has 5 N–H and O–H groups in total. The number of carbonyl (C=O) groups is 5. The summed E-state index contributed by atoms with van der Waals surface area (Å²) in [6.07, 6.45) is -0.752. The lowest BCUT2D eigenvalue weighted by atomic mass is 10.1. The van der Waals surface area contributed by atoms with Crippen molar-refractivity contribution in [3.8, 4) is 0 Å². The first-order chi connectivity index (χ1) is 11.7. The SMILES string of the molecule is CC(=O)NCC(=O)Nc1ccc(C(=O)N[C@@H](CC(=O)O)C(=O)O)cc1. The lowest BCUT2D eigenvalue weighted by molar-refractivity contribution is -0.145. The lowest BCUT2D eigenvalue weighted by Crippen LogP contribution is -2.42. The van der Waals surface area contributed by atoms with Crippen molar-refractivity contribution in [3.05, 3.63) is 29.8 Å². The van der Waals surface area contributed by atoms with Crippen molar-refractivity contribution >= 4 is 35.3 Å². The summed E-state index contributed by atoms with van der Waals surface area (Å²) in [7, 11) is 0. The van der Waals surface area contributed by atoms with E-state index in [9.17, 15) is 24.0 Å². The molecule has 1 atom stereocenters. The average Bonchev–Trinajstić information content (AvgIpc) is 2.52. The van der Waals surface area contributed by atoms with Crippen LogP contribution >= 0.6 is 0 Å². The summed E-state index contributed by atoms with van der Waals surface area (Å²) in [5.74, 6) is -4.39. The molecule has 10 heteroatoms. The minimum atomic E-state index is -1.55. The number of carbonyl (C=O) groups excluding carboxylic acids is 3. The molecule has 0 fully saturated rings. The Hall–Kier alpha value is -3.43. The van der Waals surface area contributed by atoms with Gasteiger partial charge < -0.3 is 26.2 Å². The second-order valence-electron chi connectivity index (χ2n) is 5.00. The third-order valence-electron chi connectivity index (χ3n) is 2.91. The highest BCUT2D eigenvalue weighted by Gasteiger charge is 2.23. The summed E-state index contributed by atoms with van der Waals surface area (Å²) in [5.41, 5.74) is 0.462. The van der Waals surface area contributed by atoms with Crippen molar-refractivity contribution in [3.63, 3.8) is 0 Å². The second kappa shape index (κ2) is 9.01. The van der Waals surface area contributed by atoms with Crippen molar-refractivity contribution in [2.75, 3.05) is 11.9 Å². The Morgan fingerprint density at radius 2 is 1.64 bits per heavy atom. The van der Waals surface area contributed by atoms with Gasteiger partial charge >= 0.3 is 11.9 Å². The van der Waals surface area contributed by atoms with Gasteiger partial charge in [0.05, 0.1) is 13.0 Å². The fourth-order valence-corrected chi connectivity index (χ4v) is 1.73. The molecule has 0 unspecified atom stereocenters. The van der Waals surface area contributed by atoms with Crippen molar-refractivity contribution in [2.24, 2.45) is 0 Å². The van der Waals surface area contributed by atoms with Gasteiger partial charge in [-0.05, 0) is 24.3 Å². The number of hydrogen-bond acceptors (Lipinski definition) is 5. The summed E-state index contributed by atoms with van der Waals surface area (Å²) in [6.45, 7) is 1.07. The molecule has 0 aliphatic rings. The van der Waals surface area contributed by atoms with Crippen LogP contribution in [0.3, 0.4) is 0 Å². The molecule has 0 heterocycles. The number of rotatable bonds is 8. The van der Waals surface area contributed by atoms with Gasteiger partial charge in [-0.25, -0.2) is 4.79 Å². The van der Waals surface area contributed by atoms with Crippen molar-refractivity contribution in [1.29, 1.82) is 0 Å². The maximum absolute atomic E-state index is 11.9. The van der Waals surface area contributed by atoms with Gasteiger partial charge in [0.15, 0.2) is 0 Å². The van der Waals surface area contributed by atoms with Gasteiger partial charge in [-0.3, -0.25) is 19.2 Å². The van der Waals surface area contributed by atoms with E-state index < -0.39 is 36.2 Å². The molecule has 0 bridgehead atoms. The van der Waals surface area contributed by atoms with E-state index >= 15 is 0 Å². The summed E-state index contributed by atoms with van der Waals surface area (Å²) in [5, 5.41) is 24.4. The fraction of sp³-hybridized carbons (Fsp3) is 0.267. The normalized spacial score (nSPS) is 11.1. The van der Waals surface area contributed by atoms with Crippen LogP contribution in [-0.2, 0) is 19.2 Å². The van der Waals surface area contributed by atoms with E-state index in [-0.39, 0.29) is 18.0 Å². The van der Waals surface area contributed by atoms with E-state index in [4.69, 9.17) is 10.2 Å². The topological polar surface area (TPSA) is 162 Å². The van der Waals surface area contributed by atoms with Gasteiger partial charge in [0.1, 0.15) is 6.04 Å². The summed E-state index contributed by atoms with van der Waals surface area (Å²) in [6, 6.07) is 3.94. The third-order valence-corrected chi connectivity index (χ3v) is 2.91. The molecule has 134 valence electrons. The maximum Gasteiger partial charge on any atom is 0.326 e. The predicted molar refractivity (Wildman–Crippen MR) is 84.9 cm³/mol. The zero-order valence-corrected chi connectivity index (χ0v) is 13.2. The van der Waals surface area contributed by atoms with E-state index in [1.165, 1.54) is 31.2 Å². The number of carboxylic acid groups (broad SMARTS) is 2. The quantitative estimate of drug-likeness (QED) is 0.418. The van der Waals surface area contributed by atoms with Crippen LogP contribution in [0.2, 0.25) is 0 Å². The number of amides is 3. The van der Waals surface area contributed by atoms with E-state index in [0.717, 1.165) is 0 Å². The van der Waals surface area contributed by atoms with Crippen molar-refractivity contribution < 1.29 is 34.2 Å². The number of anilines is 1. The van der Waals surface area contributed by atoms with Crippen LogP contribution in [0.1, 0.15) is 23.7 Å². The highest BCUT2D eigenvalue weighted by atomic mass is 16.4. The highest BCUT2D eigenvalue weighted by molar-refractivity contribution is 5.98. The van der Waals surface area contributed by atoms with Crippen LogP contribution in [0.25, 0.3) is 0 Å². The average molecular weight is 351 g/mol. The molecule has 3 amide bonds. The molecule has 0 radical (unpaired) electrons. The first kappa shape index (κ1) is 19.6. The first-order valence-electron chi connectivity index (χ1n) is 7.09. The van der Waals surface area contributed by atoms with Crippen molar-refractivity contribution in [1.82, 2.24) is 10.6 Å². The molecule has 0 aromatic heterocycles. The molecule has 0 saturated heterocycles. The smallest absolute Gasteiger partial charge is 0.326 e. The van der Waals surface area contributed by atoms with Gasteiger partial charge in [-0.1, -0.05) is 0 Å². The van der Waals surface area contributed by atoms with Crippen LogP contribution in [0.4, 0.5) is 5.69 Å². The van der Waals surface area contributed by atoms with E-state index in [2.05, 4.69) is 16.0 Å². The molecule has 1 rings (SSSR count). The molecular formula is C15H17N3O7. The summed E-state index contributed by atoms with van der Waals surface area (Å²) in [4.78, 5) is 55.7. The zero-order chi connectivity index (χ0) is 19.0. The maximum atomic E-state index is 11.9. The zero-order valence-electron chi connectivity index (χ0n) is 13.2. The Morgan fingerprint density at radius 1 is 1.04 bits per heavy atom. The third kappa shape index (κ3) is 7.12. The van der Waals surface area contributed by atoms with E-state index in [1.807, 2.05) is 0 Å². The number of hydrogen-bond donors (Lipinski definition) is 5. The van der Waals surface area contributed by atoms with Crippen LogP contribution in [0.5, 0.6) is 0 Å². The predicted octanol–water partition coefficient (Wildman–Crippen LogP) is -0.581. The van der Waals surface area contributed by atoms with Crippen LogP contribution in [0.15, 0.2) is 24.3 Å². The minimum absolute atomic E-state index is 0.0940. The molecule has 25 heavy (non-hydrogen) atoms. The van der Waals surface area contributed by atoms with Crippen LogP contribution < -0.4 is 16.0 Å². The van der Waals surface area contributed by atoms with Crippen LogP contribution in [-0.4, -0.2) is 52.5 Å². The monoisotopic (exact) mass is 351 g/mol. The standard InChI is InChI=1S/C15H17N3O7/c1-8(19)16-7-12(20)17-10-4-2-9(3-5-10)14(23)18-11(15(24)25)6-13(21)22/h2-5,11H,6-7H2,1H3,(H,16,19)(H,17,20)(H,18,23)(H,21,22)(H,24,25)/t11-/m0/s1. The minimum Gasteiger partial charge on any atom is -0.481 e. The molecule has 0 spiro atoms. The molecule has 0 aliphatic carbocycles.